The fourth-order valence-electron chi connectivity index (χ4n) is 11.4. The van der Waals surface area contributed by atoms with Gasteiger partial charge in [0.1, 0.15) is 0 Å². The minimum Gasteiger partial charge on any atom is -0.469 e. The van der Waals surface area contributed by atoms with Gasteiger partial charge in [-0.25, -0.2) is 4.68 Å². The van der Waals surface area contributed by atoms with Crippen molar-refractivity contribution >= 4 is 34.2 Å². The van der Waals surface area contributed by atoms with Gasteiger partial charge in [-0.05, 0) is 122 Å². The van der Waals surface area contributed by atoms with Crippen LogP contribution in [0.2, 0.25) is 5.02 Å². The Morgan fingerprint density at radius 3 is 2.78 bits per heavy atom. The van der Waals surface area contributed by atoms with Crippen molar-refractivity contribution in [1.29, 1.82) is 0 Å². The highest BCUT2D eigenvalue weighted by Gasteiger charge is 2.65. The second-order valence-corrected chi connectivity index (χ2v) is 16.9. The van der Waals surface area contributed by atoms with Crippen molar-refractivity contribution in [1.82, 2.24) is 25.3 Å². The minimum absolute atomic E-state index is 0.0850. The number of ether oxygens (including phenoxy) is 1. The van der Waals surface area contributed by atoms with Crippen LogP contribution in [0, 0.1) is 46.3 Å². The van der Waals surface area contributed by atoms with Gasteiger partial charge in [-0.1, -0.05) is 37.6 Å². The minimum atomic E-state index is -0.397. The summed E-state index contributed by atoms with van der Waals surface area (Å²) in [6, 6.07) is 8.01. The number of hydrogen-bond acceptors (Lipinski definition) is 9. The number of nitrogens with one attached hydrogen (secondary N) is 2. The van der Waals surface area contributed by atoms with Crippen LogP contribution in [0.15, 0.2) is 36.7 Å². The number of aliphatic hydroxyl groups excluding tert-OH is 2. The van der Waals surface area contributed by atoms with Gasteiger partial charge in [-0.15, -0.1) is 5.10 Å². The van der Waals surface area contributed by atoms with Crippen LogP contribution in [0.25, 0.3) is 10.9 Å². The molecule has 7 rings (SSSR count). The Bertz CT molecular complexity index is 1670. The molecule has 2 heterocycles. The van der Waals surface area contributed by atoms with E-state index in [0.29, 0.717) is 47.6 Å². The highest BCUT2D eigenvalue weighted by atomic mass is 35.5. The summed E-state index contributed by atoms with van der Waals surface area (Å²) < 4.78 is 6.97. The molecular weight excluding hydrogens is 652 g/mol. The first-order valence-corrected chi connectivity index (χ1v) is 19.2. The highest BCUT2D eigenvalue weighted by molar-refractivity contribution is 6.31. The molecule has 0 aliphatic heterocycles. The third-order valence-corrected chi connectivity index (χ3v) is 14.3. The Morgan fingerprint density at radius 2 is 1.96 bits per heavy atom. The largest absolute Gasteiger partial charge is 0.469 e. The second kappa shape index (κ2) is 14.3. The van der Waals surface area contributed by atoms with Crippen molar-refractivity contribution in [2.24, 2.45) is 46.3 Å². The summed E-state index contributed by atoms with van der Waals surface area (Å²) in [7, 11) is 1.45. The van der Waals surface area contributed by atoms with Crippen molar-refractivity contribution in [3.05, 3.63) is 47.4 Å². The molecule has 0 bridgehead atoms. The van der Waals surface area contributed by atoms with Crippen LogP contribution in [0.4, 0.5) is 5.69 Å². The van der Waals surface area contributed by atoms with Gasteiger partial charge in [-0.3, -0.25) is 9.78 Å². The second-order valence-electron chi connectivity index (χ2n) is 16.4. The summed E-state index contributed by atoms with van der Waals surface area (Å²) in [5.74, 6) is 1.70. The SMILES string of the molecule is COC(=O)CC[C@@H](C)[C@H]1CCC2C3C(C[C@H](O)[C@@]21C)[C@@]1(C)CC[C@H](n2cc(CNCCNc4ccnc5cc(Cl)ccc45)nn2)C[C@H]1C[C@H]3O. The number of hydrogen-bond donors (Lipinski definition) is 4. The first-order valence-electron chi connectivity index (χ1n) is 18.9. The van der Waals surface area contributed by atoms with Crippen molar-refractivity contribution in [3.8, 4) is 0 Å². The Morgan fingerprint density at radius 1 is 1.12 bits per heavy atom. The van der Waals surface area contributed by atoms with E-state index in [1.54, 1.807) is 6.20 Å². The van der Waals surface area contributed by atoms with Gasteiger partial charge in [0.2, 0.25) is 0 Å². The molecule has 11 atom stereocenters. The molecule has 4 N–H and O–H groups in total. The summed E-state index contributed by atoms with van der Waals surface area (Å²) in [5, 5.41) is 41.6. The van der Waals surface area contributed by atoms with Crippen LogP contribution in [-0.2, 0) is 16.1 Å². The number of halogens is 1. The molecular formula is C39H55ClN6O4. The molecule has 11 heteroatoms. The predicted octanol–water partition coefficient (Wildman–Crippen LogP) is 6.41. The topological polar surface area (TPSA) is 134 Å². The van der Waals surface area contributed by atoms with Gasteiger partial charge in [0.15, 0.2) is 0 Å². The van der Waals surface area contributed by atoms with Crippen LogP contribution in [0.3, 0.4) is 0 Å². The van der Waals surface area contributed by atoms with Crippen LogP contribution >= 0.6 is 11.6 Å². The zero-order chi connectivity index (χ0) is 35.2. The van der Waals surface area contributed by atoms with E-state index >= 15 is 0 Å². The van der Waals surface area contributed by atoms with E-state index in [9.17, 15) is 15.0 Å². The lowest BCUT2D eigenvalue weighted by Crippen LogP contribution is -2.62. The smallest absolute Gasteiger partial charge is 0.305 e. The first-order chi connectivity index (χ1) is 24.0. The lowest BCUT2D eigenvalue weighted by molar-refractivity contribution is -0.204. The molecule has 4 fully saturated rings. The van der Waals surface area contributed by atoms with E-state index in [1.807, 2.05) is 24.3 Å². The monoisotopic (exact) mass is 706 g/mol. The van der Waals surface area contributed by atoms with Crippen LogP contribution in [0.5, 0.6) is 0 Å². The lowest BCUT2D eigenvalue weighted by atomic mass is 9.43. The Hall–Kier alpha value is -2.79. The molecule has 3 unspecified atom stereocenters. The quantitative estimate of drug-likeness (QED) is 0.132. The fraction of sp³-hybridized carbons (Fsp3) is 0.692. The normalized spacial score (nSPS) is 35.6. The molecule has 4 saturated carbocycles. The van der Waals surface area contributed by atoms with Gasteiger partial charge >= 0.3 is 5.97 Å². The summed E-state index contributed by atoms with van der Waals surface area (Å²) in [6.07, 6.45) is 11.1. The third-order valence-electron chi connectivity index (χ3n) is 14.1. The number of carbonyl (C=O) groups is 1. The first kappa shape index (κ1) is 35.6. The number of anilines is 1. The van der Waals surface area contributed by atoms with E-state index in [-0.39, 0.29) is 34.9 Å². The molecule has 50 heavy (non-hydrogen) atoms. The molecule has 0 spiro atoms. The number of nitrogens with zero attached hydrogens (tertiary/aromatic N) is 4. The molecule has 2 aromatic heterocycles. The maximum atomic E-state index is 11.9. The van der Waals surface area contributed by atoms with Crippen molar-refractivity contribution in [2.75, 3.05) is 25.5 Å². The van der Waals surface area contributed by atoms with E-state index < -0.39 is 6.10 Å². The number of methoxy groups -OCH3 is 1. The average molecular weight is 707 g/mol. The Balaban J connectivity index is 0.941. The maximum Gasteiger partial charge on any atom is 0.305 e. The number of aliphatic hydroxyl groups is 2. The molecule has 1 aromatic carbocycles. The van der Waals surface area contributed by atoms with Gasteiger partial charge in [0, 0.05) is 48.3 Å². The van der Waals surface area contributed by atoms with Crippen molar-refractivity contribution in [3.63, 3.8) is 0 Å². The molecule has 0 saturated heterocycles. The van der Waals surface area contributed by atoms with Crippen LogP contribution in [-0.4, -0.2) is 68.6 Å². The fourth-order valence-corrected chi connectivity index (χ4v) is 11.5. The number of benzene rings is 1. The Labute approximate surface area is 301 Å². The van der Waals surface area contributed by atoms with Crippen molar-refractivity contribution < 1.29 is 19.7 Å². The van der Waals surface area contributed by atoms with Crippen molar-refractivity contribution in [2.45, 2.75) is 103 Å². The number of rotatable bonds is 11. The molecule has 10 nitrogen and oxygen atoms in total. The summed E-state index contributed by atoms with van der Waals surface area (Å²) >= 11 is 6.14. The van der Waals surface area contributed by atoms with E-state index in [0.717, 1.165) is 86.7 Å². The Kier molecular flexibility index (Phi) is 10.2. The number of carbonyl (C=O) groups excluding carboxylic acids is 1. The summed E-state index contributed by atoms with van der Waals surface area (Å²) in [5.41, 5.74) is 2.69. The van der Waals surface area contributed by atoms with E-state index in [2.05, 4.69) is 57.6 Å². The van der Waals surface area contributed by atoms with Gasteiger partial charge in [-0.2, -0.15) is 0 Å². The molecule has 0 radical (unpaired) electrons. The predicted molar refractivity (Wildman–Crippen MR) is 194 cm³/mol. The third kappa shape index (κ3) is 6.43. The van der Waals surface area contributed by atoms with E-state index in [4.69, 9.17) is 16.3 Å². The zero-order valence-electron chi connectivity index (χ0n) is 30.0. The standard InChI is InChI=1S/C39H55ClN6O4/c1-23(5-10-36(49)50-4)29-8-9-30-37-31(20-35(48)39(29,30)3)38(2)13-11-27(17-24(38)18-34(37)47)46-22-26(44-45-46)21-41-15-16-43-32-12-14-42-33-19-25(40)6-7-28(32)33/h6-7,12,14,19,22-24,27,29-31,34-35,37,41,47-48H,5,8-11,13,15-18,20-21H2,1-4H3,(H,42,43)/t23-,24+,27+,29-,30?,31?,34-,35+,37?,38+,39-/m1/s1. The van der Waals surface area contributed by atoms with Gasteiger partial charge in [0.25, 0.3) is 0 Å². The summed E-state index contributed by atoms with van der Waals surface area (Å²) in [6.45, 7) is 9.15. The number of aromatic nitrogens is 4. The van der Waals surface area contributed by atoms with Gasteiger partial charge in [0.05, 0.1) is 42.8 Å². The molecule has 272 valence electrons. The zero-order valence-corrected chi connectivity index (χ0v) is 30.8. The van der Waals surface area contributed by atoms with E-state index in [1.165, 1.54) is 7.11 Å². The average Bonchev–Trinajstić information content (AvgIpc) is 3.72. The number of pyridine rings is 1. The number of esters is 1. The molecule has 0 amide bonds. The molecule has 3 aromatic rings. The van der Waals surface area contributed by atoms with Crippen LogP contribution in [0.1, 0.15) is 90.3 Å². The highest BCUT2D eigenvalue weighted by Crippen LogP contribution is 2.69. The van der Waals surface area contributed by atoms with Gasteiger partial charge < -0.3 is 25.6 Å². The number of fused-ring (bicyclic) bond motifs is 6. The van der Waals surface area contributed by atoms with Crippen LogP contribution < -0.4 is 10.6 Å². The maximum absolute atomic E-state index is 11.9. The summed E-state index contributed by atoms with van der Waals surface area (Å²) in [4.78, 5) is 16.3. The lowest BCUT2D eigenvalue weighted by Gasteiger charge is -2.63. The molecule has 4 aliphatic carbocycles. The molecule has 4 aliphatic rings.